The van der Waals surface area contributed by atoms with Crippen LogP contribution in [-0.4, -0.2) is 44.1 Å². The minimum Gasteiger partial charge on any atom is -0.481 e. The Hall–Kier alpha value is -3.61. The van der Waals surface area contributed by atoms with E-state index in [0.717, 1.165) is 42.7 Å². The molecule has 1 fully saturated rings. The number of carboxylic acids is 1. The average molecular weight is 620 g/mol. The lowest BCUT2D eigenvalue weighted by Crippen LogP contribution is -2.31. The maximum absolute atomic E-state index is 12.0. The lowest BCUT2D eigenvalue weighted by Gasteiger charge is -2.36. The number of aliphatic hydroxyl groups is 1. The summed E-state index contributed by atoms with van der Waals surface area (Å²) in [5.41, 5.74) is 5.64. The molecule has 0 radical (unpaired) electrons. The predicted molar refractivity (Wildman–Crippen MR) is 164 cm³/mol. The molecule has 1 amide bonds. The summed E-state index contributed by atoms with van der Waals surface area (Å²) < 4.78 is 13.9. The predicted octanol–water partition coefficient (Wildman–Crippen LogP) is 5.82. The number of carbonyl (C=O) groups excluding carboxylic acids is 1. The van der Waals surface area contributed by atoms with E-state index >= 15 is 0 Å². The Labute approximate surface area is 258 Å². The molecule has 1 aliphatic rings. The summed E-state index contributed by atoms with van der Waals surface area (Å²) in [4.78, 5) is 22.7. The van der Waals surface area contributed by atoms with Crippen molar-refractivity contribution in [1.82, 2.24) is 15.5 Å². The number of carboxylic acid groups (broad SMARTS) is 1. The third-order valence-electron chi connectivity index (χ3n) is 6.99. The van der Waals surface area contributed by atoms with E-state index in [1.54, 1.807) is 23.1 Å². The molecule has 1 saturated heterocycles. The molecule has 43 heavy (non-hydrogen) atoms. The van der Waals surface area contributed by atoms with Gasteiger partial charge in [0.2, 0.25) is 5.91 Å². The van der Waals surface area contributed by atoms with Crippen LogP contribution in [0.2, 0.25) is 0 Å². The summed E-state index contributed by atoms with van der Waals surface area (Å²) in [5, 5.41) is 30.4. The number of rotatable bonds is 12. The Bertz CT molecular complexity index is 1540. The SMILES string of the molecule is Cc1nnc(SC[C@@H]2C[C@H](c3ccc(CO)cc3)O[C@H](c3cccc(-c4cccc(CNC(=O)CCC(=O)O)c4)c3)O2)s1. The number of thioether (sulfide) groups is 1. The molecule has 3 aromatic carbocycles. The van der Waals surface area contributed by atoms with Gasteiger partial charge in [0.1, 0.15) is 5.01 Å². The molecule has 0 spiro atoms. The number of aliphatic carboxylic acids is 1. The molecule has 3 atom stereocenters. The second-order valence-electron chi connectivity index (χ2n) is 10.2. The van der Waals surface area contributed by atoms with Gasteiger partial charge in [0, 0.05) is 30.7 Å². The standard InChI is InChI=1S/C32H33N3O6S2/c1-20-34-35-32(43-20)42-19-27-16-28(23-10-8-21(18-36)9-11-23)41-31(40-27)26-7-3-6-25(15-26)24-5-2-4-22(14-24)17-33-29(37)12-13-30(38)39/h2-11,14-15,27-28,31,36H,12-13,16-19H2,1H3,(H,33,37)(H,38,39)/t27-,28+,31+/m0/s1. The topological polar surface area (TPSA) is 131 Å². The number of aliphatic hydroxyl groups excluding tert-OH is 1. The first-order chi connectivity index (χ1) is 20.9. The molecule has 4 aromatic rings. The van der Waals surface area contributed by atoms with Crippen LogP contribution in [0.3, 0.4) is 0 Å². The molecule has 224 valence electrons. The Morgan fingerprint density at radius 3 is 2.44 bits per heavy atom. The highest BCUT2D eigenvalue weighted by Crippen LogP contribution is 2.40. The van der Waals surface area contributed by atoms with Gasteiger partial charge in [-0.2, -0.15) is 0 Å². The van der Waals surface area contributed by atoms with Crippen LogP contribution < -0.4 is 5.32 Å². The molecule has 0 unspecified atom stereocenters. The summed E-state index contributed by atoms with van der Waals surface area (Å²) in [7, 11) is 0. The summed E-state index contributed by atoms with van der Waals surface area (Å²) in [6, 6.07) is 23.8. The Morgan fingerprint density at radius 2 is 1.72 bits per heavy atom. The average Bonchev–Trinajstić information content (AvgIpc) is 3.46. The third kappa shape index (κ3) is 8.71. The number of ether oxygens (including phenoxy) is 2. The number of aryl methyl sites for hydroxylation is 1. The molecule has 0 aliphatic carbocycles. The fourth-order valence-corrected chi connectivity index (χ4v) is 6.62. The number of nitrogens with zero attached hydrogens (tertiary/aromatic N) is 2. The number of hydrogen-bond acceptors (Lipinski definition) is 9. The molecule has 2 heterocycles. The van der Waals surface area contributed by atoms with Crippen molar-refractivity contribution in [3.05, 3.63) is 100 Å². The van der Waals surface area contributed by atoms with Crippen molar-refractivity contribution >= 4 is 35.0 Å². The van der Waals surface area contributed by atoms with Gasteiger partial charge in [-0.15, -0.1) is 10.2 Å². The van der Waals surface area contributed by atoms with Crippen LogP contribution in [-0.2, 0) is 32.2 Å². The molecule has 1 aliphatic heterocycles. The van der Waals surface area contributed by atoms with E-state index < -0.39 is 12.3 Å². The maximum atomic E-state index is 12.0. The van der Waals surface area contributed by atoms with E-state index in [4.69, 9.17) is 14.6 Å². The van der Waals surface area contributed by atoms with Crippen LogP contribution in [0, 0.1) is 6.92 Å². The summed E-state index contributed by atoms with van der Waals surface area (Å²) in [5.74, 6) is -0.582. The van der Waals surface area contributed by atoms with Gasteiger partial charge in [-0.1, -0.05) is 83.8 Å². The molecular formula is C32H33N3O6S2. The van der Waals surface area contributed by atoms with Crippen molar-refractivity contribution in [1.29, 1.82) is 0 Å². The van der Waals surface area contributed by atoms with Crippen molar-refractivity contribution in [3.8, 4) is 11.1 Å². The first kappa shape index (κ1) is 30.8. The van der Waals surface area contributed by atoms with Gasteiger partial charge in [-0.05, 0) is 46.9 Å². The zero-order valence-electron chi connectivity index (χ0n) is 23.6. The van der Waals surface area contributed by atoms with Crippen molar-refractivity contribution in [2.45, 2.75) is 62.2 Å². The molecule has 3 N–H and O–H groups in total. The van der Waals surface area contributed by atoms with Crippen molar-refractivity contribution in [3.63, 3.8) is 0 Å². The minimum absolute atomic E-state index is 0.0108. The zero-order chi connectivity index (χ0) is 30.2. The van der Waals surface area contributed by atoms with Crippen LogP contribution in [0.1, 0.15) is 58.9 Å². The fourth-order valence-electron chi connectivity index (χ4n) is 4.76. The van der Waals surface area contributed by atoms with E-state index in [2.05, 4.69) is 21.6 Å². The largest absolute Gasteiger partial charge is 0.481 e. The zero-order valence-corrected chi connectivity index (χ0v) is 25.3. The molecule has 0 saturated carbocycles. The normalized spacial score (nSPS) is 18.3. The monoisotopic (exact) mass is 619 g/mol. The lowest BCUT2D eigenvalue weighted by atomic mass is 9.99. The Balaban J connectivity index is 1.32. The first-order valence-corrected chi connectivity index (χ1v) is 15.8. The van der Waals surface area contributed by atoms with E-state index in [0.29, 0.717) is 18.7 Å². The lowest BCUT2D eigenvalue weighted by molar-refractivity contribution is -0.245. The van der Waals surface area contributed by atoms with E-state index in [9.17, 15) is 14.7 Å². The highest BCUT2D eigenvalue weighted by Gasteiger charge is 2.32. The summed E-state index contributed by atoms with van der Waals surface area (Å²) >= 11 is 3.20. The van der Waals surface area contributed by atoms with Crippen molar-refractivity contribution in [2.24, 2.45) is 0 Å². The van der Waals surface area contributed by atoms with Gasteiger partial charge in [0.25, 0.3) is 0 Å². The molecule has 0 bridgehead atoms. The number of hydrogen-bond donors (Lipinski definition) is 3. The Kier molecular flexibility index (Phi) is 10.6. The van der Waals surface area contributed by atoms with Gasteiger partial charge in [-0.25, -0.2) is 0 Å². The Morgan fingerprint density at radius 1 is 0.953 bits per heavy atom. The molecule has 1 aromatic heterocycles. The number of nitrogens with one attached hydrogen (secondary N) is 1. The highest BCUT2D eigenvalue weighted by atomic mass is 32.2. The van der Waals surface area contributed by atoms with Gasteiger partial charge in [0.15, 0.2) is 10.6 Å². The van der Waals surface area contributed by atoms with Crippen molar-refractivity contribution < 1.29 is 29.3 Å². The van der Waals surface area contributed by atoms with Crippen LogP contribution in [0.25, 0.3) is 11.1 Å². The fraction of sp³-hybridized carbons (Fsp3) is 0.312. The van der Waals surface area contributed by atoms with Gasteiger partial charge in [0.05, 0.1) is 25.2 Å². The molecule has 9 nitrogen and oxygen atoms in total. The van der Waals surface area contributed by atoms with Crippen LogP contribution in [0.5, 0.6) is 0 Å². The number of benzene rings is 3. The molecular weight excluding hydrogens is 587 g/mol. The van der Waals surface area contributed by atoms with Gasteiger partial charge < -0.3 is 25.0 Å². The van der Waals surface area contributed by atoms with Crippen LogP contribution in [0.15, 0.2) is 77.1 Å². The van der Waals surface area contributed by atoms with E-state index in [1.165, 1.54) is 0 Å². The quantitative estimate of drug-likeness (QED) is 0.168. The van der Waals surface area contributed by atoms with Gasteiger partial charge >= 0.3 is 5.97 Å². The smallest absolute Gasteiger partial charge is 0.303 e. The maximum Gasteiger partial charge on any atom is 0.303 e. The van der Waals surface area contributed by atoms with Crippen LogP contribution in [0.4, 0.5) is 0 Å². The van der Waals surface area contributed by atoms with E-state index in [-0.39, 0.29) is 37.6 Å². The number of carbonyl (C=O) groups is 2. The third-order valence-corrected chi connectivity index (χ3v) is 9.09. The summed E-state index contributed by atoms with van der Waals surface area (Å²) in [6.45, 7) is 2.24. The molecule has 11 heteroatoms. The van der Waals surface area contributed by atoms with E-state index in [1.807, 2.05) is 73.7 Å². The minimum atomic E-state index is -0.995. The highest BCUT2D eigenvalue weighted by molar-refractivity contribution is 8.01. The second kappa shape index (κ2) is 14.7. The second-order valence-corrected chi connectivity index (χ2v) is 12.7. The van der Waals surface area contributed by atoms with Gasteiger partial charge in [-0.3, -0.25) is 9.59 Å². The van der Waals surface area contributed by atoms with Crippen LogP contribution >= 0.6 is 23.1 Å². The summed E-state index contributed by atoms with van der Waals surface area (Å²) in [6.07, 6.45) is -0.433. The number of amides is 1. The molecule has 5 rings (SSSR count). The first-order valence-electron chi connectivity index (χ1n) is 14.0. The van der Waals surface area contributed by atoms with Crippen molar-refractivity contribution in [2.75, 3.05) is 5.75 Å². The number of aromatic nitrogens is 2.